The first-order valence-electron chi connectivity index (χ1n) is 3.01. The molecule has 0 aliphatic carbocycles. The Morgan fingerprint density at radius 1 is 1.44 bits per heavy atom. The molecule has 1 nitrogen and oxygen atoms in total. The van der Waals surface area contributed by atoms with Crippen LogP contribution in [0.15, 0.2) is 0 Å². The number of hydrogen-bond donors (Lipinski definition) is 0. The van der Waals surface area contributed by atoms with Gasteiger partial charge in [-0.05, 0) is 17.2 Å². The fourth-order valence-corrected chi connectivity index (χ4v) is 2.17. The molecule has 1 radical (unpaired) electrons. The predicted molar refractivity (Wildman–Crippen MR) is 36.0 cm³/mol. The molecule has 0 N–H and O–H groups in total. The Kier molecular flexibility index (Phi) is 5.67. The van der Waals surface area contributed by atoms with Gasteiger partial charge in [-0.25, -0.2) is 0 Å². The van der Waals surface area contributed by atoms with Gasteiger partial charge in [0.15, 0.2) is 0 Å². The summed E-state index contributed by atoms with van der Waals surface area (Å²) in [4.78, 5) is 0. The van der Waals surface area contributed by atoms with Crippen molar-refractivity contribution in [3.63, 3.8) is 0 Å². The summed E-state index contributed by atoms with van der Waals surface area (Å²) < 4.78 is 10.8. The van der Waals surface area contributed by atoms with E-state index in [1.807, 2.05) is 0 Å². The zero-order valence-electron chi connectivity index (χ0n) is 5.51. The molecule has 0 aromatic rings. The van der Waals surface area contributed by atoms with Gasteiger partial charge in [0.1, 0.15) is 0 Å². The topological polar surface area (TPSA) is 17.1 Å². The van der Waals surface area contributed by atoms with E-state index in [1.165, 1.54) is 6.42 Å². The maximum absolute atomic E-state index is 10.8. The first-order valence-corrected chi connectivity index (χ1v) is 4.39. The van der Waals surface area contributed by atoms with Crippen molar-refractivity contribution in [3.05, 3.63) is 6.92 Å². The van der Waals surface area contributed by atoms with Crippen LogP contribution in [-0.4, -0.2) is 15.2 Å². The molecule has 51 valence electrons. The quantitative estimate of drug-likeness (QED) is 0.559. The minimum Gasteiger partial charge on any atom is -0.328 e. The van der Waals surface area contributed by atoms with Crippen molar-refractivity contribution in [2.24, 2.45) is 0 Å². The van der Waals surface area contributed by atoms with Gasteiger partial charge in [-0.1, -0.05) is 18.1 Å². The molecule has 1 saturated heterocycles. The van der Waals surface area contributed by atoms with Crippen LogP contribution < -0.4 is 0 Å². The molecule has 0 spiro atoms. The van der Waals surface area contributed by atoms with Gasteiger partial charge >= 0.3 is 0 Å². The normalized spacial score (nSPS) is 35.2. The molecule has 0 amide bonds. The van der Waals surface area contributed by atoms with E-state index in [0.29, 0.717) is 0 Å². The van der Waals surface area contributed by atoms with Crippen molar-refractivity contribution in [1.82, 2.24) is 0 Å². The van der Waals surface area contributed by atoms with Crippen LogP contribution in [0.25, 0.3) is 0 Å². The summed E-state index contributed by atoms with van der Waals surface area (Å²) in [5, 5.41) is 0.226. The third kappa shape index (κ3) is 3.24. The molecular weight excluding hydrogens is 209 g/mol. The van der Waals surface area contributed by atoms with Crippen molar-refractivity contribution in [3.8, 4) is 0 Å². The third-order valence-corrected chi connectivity index (χ3v) is 3.16. The molecule has 1 rings (SSSR count). The largest absolute Gasteiger partial charge is 0.328 e. The SMILES string of the molecule is [CH2-]C1CCCCS1=O.[Y]. The van der Waals surface area contributed by atoms with Crippen LogP contribution in [0.5, 0.6) is 0 Å². The fourth-order valence-electron chi connectivity index (χ4n) is 0.914. The summed E-state index contributed by atoms with van der Waals surface area (Å²) in [6, 6.07) is 0. The maximum atomic E-state index is 10.8. The molecule has 2 unspecified atom stereocenters. The molecule has 0 aromatic carbocycles. The Morgan fingerprint density at radius 3 is 2.44 bits per heavy atom. The predicted octanol–water partition coefficient (Wildman–Crippen LogP) is 1.12. The van der Waals surface area contributed by atoms with Crippen LogP contribution in [0.1, 0.15) is 19.3 Å². The zero-order valence-corrected chi connectivity index (χ0v) is 9.16. The first-order chi connectivity index (χ1) is 3.80. The van der Waals surface area contributed by atoms with E-state index in [4.69, 9.17) is 0 Å². The molecule has 1 aliphatic rings. The van der Waals surface area contributed by atoms with Gasteiger partial charge in [-0.2, -0.15) is 0 Å². The van der Waals surface area contributed by atoms with E-state index in [1.54, 1.807) is 0 Å². The minimum atomic E-state index is -0.596. The van der Waals surface area contributed by atoms with Gasteiger partial charge in [-0.15, -0.1) is 0 Å². The van der Waals surface area contributed by atoms with Crippen molar-refractivity contribution in [2.75, 3.05) is 5.75 Å². The van der Waals surface area contributed by atoms with E-state index < -0.39 is 10.8 Å². The molecule has 0 aromatic heterocycles. The summed E-state index contributed by atoms with van der Waals surface area (Å²) in [6.07, 6.45) is 3.42. The fraction of sp³-hybridized carbons (Fsp3) is 0.833. The van der Waals surface area contributed by atoms with E-state index in [0.717, 1.165) is 18.6 Å². The van der Waals surface area contributed by atoms with Gasteiger partial charge in [0.25, 0.3) is 0 Å². The molecular formula is C6H11OSY-. The standard InChI is InChI=1S/C6H11OS.Y/c1-6-4-2-3-5-8(6)7;/h6H,1-5H2;/q-1;. The molecule has 1 aliphatic heterocycles. The van der Waals surface area contributed by atoms with Crippen molar-refractivity contribution < 1.29 is 36.9 Å². The zero-order chi connectivity index (χ0) is 5.98. The smallest absolute Gasteiger partial charge is 0.0211 e. The number of hydrogen-bond acceptors (Lipinski definition) is 1. The Morgan fingerprint density at radius 2 is 2.11 bits per heavy atom. The molecule has 0 saturated carbocycles. The second-order valence-corrected chi connectivity index (χ2v) is 4.04. The van der Waals surface area contributed by atoms with E-state index in [-0.39, 0.29) is 38.0 Å². The minimum absolute atomic E-state index is 0. The second kappa shape index (κ2) is 4.98. The average molecular weight is 220 g/mol. The van der Waals surface area contributed by atoms with Crippen LogP contribution in [0, 0.1) is 6.92 Å². The molecule has 9 heavy (non-hydrogen) atoms. The van der Waals surface area contributed by atoms with Crippen LogP contribution in [0.3, 0.4) is 0 Å². The van der Waals surface area contributed by atoms with Crippen LogP contribution in [0.2, 0.25) is 0 Å². The Labute approximate surface area is 84.3 Å². The summed E-state index contributed by atoms with van der Waals surface area (Å²) in [5.74, 6) is 0.883. The van der Waals surface area contributed by atoms with E-state index in [2.05, 4.69) is 6.92 Å². The molecule has 1 heterocycles. The van der Waals surface area contributed by atoms with Gasteiger partial charge in [0, 0.05) is 38.5 Å². The van der Waals surface area contributed by atoms with Gasteiger partial charge in [0.05, 0.1) is 0 Å². The van der Waals surface area contributed by atoms with Crippen LogP contribution >= 0.6 is 0 Å². The van der Waals surface area contributed by atoms with Crippen molar-refractivity contribution in [1.29, 1.82) is 0 Å². The Hall–Kier alpha value is 1.25. The monoisotopic (exact) mass is 220 g/mol. The molecule has 1 fully saturated rings. The summed E-state index contributed by atoms with van der Waals surface area (Å²) in [5.41, 5.74) is 0. The second-order valence-electron chi connectivity index (χ2n) is 2.20. The van der Waals surface area contributed by atoms with Gasteiger partial charge in [-0.3, -0.25) is 4.21 Å². The summed E-state index contributed by atoms with van der Waals surface area (Å²) in [6.45, 7) is 3.78. The van der Waals surface area contributed by atoms with E-state index in [9.17, 15) is 4.21 Å². The molecule has 0 bridgehead atoms. The first kappa shape index (κ1) is 10.3. The Balaban J connectivity index is 0.000000640. The van der Waals surface area contributed by atoms with Crippen LogP contribution in [-0.2, 0) is 43.5 Å². The molecule has 2 atom stereocenters. The van der Waals surface area contributed by atoms with E-state index >= 15 is 0 Å². The van der Waals surface area contributed by atoms with Crippen LogP contribution in [0.4, 0.5) is 0 Å². The summed E-state index contributed by atoms with van der Waals surface area (Å²) >= 11 is 0. The number of rotatable bonds is 0. The van der Waals surface area contributed by atoms with Crippen molar-refractivity contribution >= 4 is 10.8 Å². The third-order valence-electron chi connectivity index (χ3n) is 1.49. The van der Waals surface area contributed by atoms with Crippen molar-refractivity contribution in [2.45, 2.75) is 24.5 Å². The average Bonchev–Trinajstić information content (AvgIpc) is 1.77. The van der Waals surface area contributed by atoms with Gasteiger partial charge < -0.3 is 6.92 Å². The van der Waals surface area contributed by atoms with Gasteiger partial charge in [0.2, 0.25) is 0 Å². The maximum Gasteiger partial charge on any atom is 0.0211 e. The molecule has 3 heteroatoms. The summed E-state index contributed by atoms with van der Waals surface area (Å²) in [7, 11) is -0.596. The Bertz CT molecular complexity index is 105.